The van der Waals surface area contributed by atoms with Crippen molar-refractivity contribution in [1.29, 1.82) is 0 Å². The summed E-state index contributed by atoms with van der Waals surface area (Å²) in [4.78, 5) is 10.5. The average molecular weight is 180 g/mol. The predicted octanol–water partition coefficient (Wildman–Crippen LogP) is -0.795. The third-order valence-electron chi connectivity index (χ3n) is 1.34. The van der Waals surface area contributed by atoms with Crippen LogP contribution in [-0.4, -0.2) is 36.3 Å². The summed E-state index contributed by atoms with van der Waals surface area (Å²) in [6, 6.07) is 0. The highest BCUT2D eigenvalue weighted by Gasteiger charge is 2.23. The Labute approximate surface area is 63.9 Å². The van der Waals surface area contributed by atoms with Crippen LogP contribution in [0.5, 0.6) is 0 Å². The minimum absolute atomic E-state index is 0.626. The largest absolute Gasteiger partial charge is 0.377 e. The van der Waals surface area contributed by atoms with Crippen molar-refractivity contribution < 1.29 is 17.8 Å². The van der Waals surface area contributed by atoms with Crippen LogP contribution in [-0.2, 0) is 10.1 Å². The minimum Gasteiger partial charge on any atom is -0.278 e. The van der Waals surface area contributed by atoms with E-state index in [1.165, 1.54) is 5.01 Å². The highest BCUT2D eigenvalue weighted by Crippen LogP contribution is 2.01. The first-order chi connectivity index (χ1) is 5.00. The van der Waals surface area contributed by atoms with E-state index in [1.807, 2.05) is 5.43 Å². The molecule has 0 aromatic heterocycles. The summed E-state index contributed by atoms with van der Waals surface area (Å²) >= 11 is 0. The highest BCUT2D eigenvalue weighted by molar-refractivity contribution is 8.01. The Bertz CT molecular complexity index is 255. The van der Waals surface area contributed by atoms with Gasteiger partial charge in [0.25, 0.3) is 0 Å². The van der Waals surface area contributed by atoms with Crippen molar-refractivity contribution in [3.8, 4) is 0 Å². The summed E-state index contributed by atoms with van der Waals surface area (Å²) in [6.07, 6.45) is 0.922. The summed E-state index contributed by atoms with van der Waals surface area (Å²) < 4.78 is 28.4. The molecule has 0 aromatic rings. The van der Waals surface area contributed by atoms with Crippen molar-refractivity contribution >= 4 is 15.4 Å². The number of amides is 1. The topological polar surface area (TPSA) is 86.7 Å². The molecule has 1 rings (SSSR count). The van der Waals surface area contributed by atoms with Crippen LogP contribution in [0.15, 0.2) is 0 Å². The second-order valence-electron chi connectivity index (χ2n) is 2.21. The van der Waals surface area contributed by atoms with Crippen molar-refractivity contribution in [3.63, 3.8) is 0 Å². The number of hydrogen-bond donors (Lipinski definition) is 2. The molecule has 0 aromatic carbocycles. The molecule has 1 amide bonds. The van der Waals surface area contributed by atoms with Gasteiger partial charge in [0.05, 0.1) is 0 Å². The summed E-state index contributed by atoms with van der Waals surface area (Å²) in [6.45, 7) is 1.25. The summed E-state index contributed by atoms with van der Waals surface area (Å²) in [5.74, 6) is 0. The lowest BCUT2D eigenvalue weighted by molar-refractivity contribution is 0.127. The molecule has 2 N–H and O–H groups in total. The molecule has 0 bridgehead atoms. The quantitative estimate of drug-likeness (QED) is 0.516. The van der Waals surface area contributed by atoms with Gasteiger partial charge in [-0.1, -0.05) is 0 Å². The van der Waals surface area contributed by atoms with Gasteiger partial charge in [-0.05, 0) is 6.42 Å². The van der Waals surface area contributed by atoms with E-state index in [1.54, 1.807) is 0 Å². The fourth-order valence-corrected chi connectivity index (χ4v) is 0.859. The Balaban J connectivity index is 2.43. The molecule has 6 nitrogen and oxygen atoms in total. The van der Waals surface area contributed by atoms with Gasteiger partial charge >= 0.3 is 15.4 Å². The van der Waals surface area contributed by atoms with Gasteiger partial charge in [0.1, 0.15) is 0 Å². The molecule has 0 aliphatic carbocycles. The number of rotatable bonds is 1. The Morgan fingerprint density at radius 1 is 1.45 bits per heavy atom. The number of hydrazine groups is 1. The molecule has 1 saturated heterocycles. The van der Waals surface area contributed by atoms with Crippen molar-refractivity contribution in [1.82, 2.24) is 10.4 Å². The lowest BCUT2D eigenvalue weighted by atomic mass is 10.3. The summed E-state index contributed by atoms with van der Waals surface area (Å²) in [5.41, 5.74) is 2.01. The molecule has 1 fully saturated rings. The first-order valence-electron chi connectivity index (χ1n) is 3.03. The molecule has 11 heavy (non-hydrogen) atoms. The van der Waals surface area contributed by atoms with E-state index in [2.05, 4.69) is 0 Å². The zero-order chi connectivity index (χ0) is 8.48. The van der Waals surface area contributed by atoms with Crippen LogP contribution in [0, 0.1) is 0 Å². The molecular weight excluding hydrogens is 172 g/mol. The molecule has 64 valence electrons. The Morgan fingerprint density at radius 2 is 2.00 bits per heavy atom. The maximum atomic E-state index is 10.5. The van der Waals surface area contributed by atoms with E-state index < -0.39 is 15.4 Å². The molecule has 7 heteroatoms. The van der Waals surface area contributed by atoms with E-state index >= 15 is 0 Å². The van der Waals surface area contributed by atoms with Gasteiger partial charge in [-0.2, -0.15) is 8.42 Å². The molecule has 0 spiro atoms. The van der Waals surface area contributed by atoms with E-state index in [0.29, 0.717) is 13.1 Å². The van der Waals surface area contributed by atoms with Gasteiger partial charge in [0.15, 0.2) is 0 Å². The molecule has 0 radical (unpaired) electrons. The normalized spacial score (nSPS) is 19.0. The molecular formula is C4H8N2O4S. The van der Waals surface area contributed by atoms with Crippen LogP contribution < -0.4 is 5.43 Å². The molecule has 0 atom stereocenters. The fraction of sp³-hybridized carbons (Fsp3) is 0.750. The van der Waals surface area contributed by atoms with Crippen LogP contribution in [0.25, 0.3) is 0 Å². The van der Waals surface area contributed by atoms with Gasteiger partial charge in [-0.3, -0.25) is 14.8 Å². The van der Waals surface area contributed by atoms with Crippen LogP contribution in [0.3, 0.4) is 0 Å². The zero-order valence-corrected chi connectivity index (χ0v) is 6.47. The van der Waals surface area contributed by atoms with Gasteiger partial charge in [0, 0.05) is 13.1 Å². The van der Waals surface area contributed by atoms with Crippen LogP contribution in [0.1, 0.15) is 6.42 Å². The number of nitrogens with zero attached hydrogens (tertiary/aromatic N) is 1. The van der Waals surface area contributed by atoms with E-state index in [0.717, 1.165) is 6.42 Å². The van der Waals surface area contributed by atoms with Gasteiger partial charge in [-0.25, -0.2) is 5.01 Å². The van der Waals surface area contributed by atoms with Crippen molar-refractivity contribution in [2.75, 3.05) is 13.1 Å². The van der Waals surface area contributed by atoms with E-state index in [-0.39, 0.29) is 0 Å². The van der Waals surface area contributed by atoms with Crippen LogP contribution in [0.4, 0.5) is 4.79 Å². The van der Waals surface area contributed by atoms with Crippen molar-refractivity contribution in [2.24, 2.45) is 0 Å². The van der Waals surface area contributed by atoms with Crippen LogP contribution >= 0.6 is 0 Å². The smallest absolute Gasteiger partial charge is 0.278 e. The summed E-state index contributed by atoms with van der Waals surface area (Å²) in [7, 11) is -4.57. The number of hydrogen-bond acceptors (Lipinski definition) is 4. The average Bonchev–Trinajstić information content (AvgIpc) is 1.75. The van der Waals surface area contributed by atoms with Crippen molar-refractivity contribution in [2.45, 2.75) is 6.42 Å². The molecule has 1 aliphatic rings. The minimum atomic E-state index is -4.57. The SMILES string of the molecule is O=C(NN1CCC1)S(=O)(=O)O. The Kier molecular flexibility index (Phi) is 2.12. The second kappa shape index (κ2) is 2.76. The molecule has 0 unspecified atom stereocenters. The lowest BCUT2D eigenvalue weighted by Gasteiger charge is -2.29. The molecule has 1 heterocycles. The van der Waals surface area contributed by atoms with Gasteiger partial charge in [0.2, 0.25) is 0 Å². The molecule has 0 saturated carbocycles. The standard InChI is InChI=1S/C4H8N2O4S/c7-4(11(8,9)10)5-6-2-1-3-6/h1-3H2,(H,5,7)(H,8,9,10). The zero-order valence-electron chi connectivity index (χ0n) is 5.65. The molecule has 1 aliphatic heterocycles. The summed E-state index contributed by atoms with van der Waals surface area (Å²) in [5, 5.41) is 0.0491. The van der Waals surface area contributed by atoms with E-state index in [9.17, 15) is 13.2 Å². The first kappa shape index (κ1) is 8.44. The maximum Gasteiger partial charge on any atom is 0.377 e. The second-order valence-corrected chi connectivity index (χ2v) is 3.54. The predicted molar refractivity (Wildman–Crippen MR) is 36.3 cm³/mol. The van der Waals surface area contributed by atoms with Crippen LogP contribution in [0.2, 0.25) is 0 Å². The Hall–Kier alpha value is -0.660. The monoisotopic (exact) mass is 180 g/mol. The van der Waals surface area contributed by atoms with Gasteiger partial charge in [-0.15, -0.1) is 0 Å². The number of carbonyl (C=O) groups excluding carboxylic acids is 1. The lowest BCUT2D eigenvalue weighted by Crippen LogP contribution is -2.51. The highest BCUT2D eigenvalue weighted by atomic mass is 32.2. The van der Waals surface area contributed by atoms with Crippen molar-refractivity contribution in [3.05, 3.63) is 0 Å². The fourth-order valence-electron chi connectivity index (χ4n) is 0.615. The number of carbonyl (C=O) groups is 1. The maximum absolute atomic E-state index is 10.5. The third kappa shape index (κ3) is 2.14. The van der Waals surface area contributed by atoms with Gasteiger partial charge < -0.3 is 0 Å². The Morgan fingerprint density at radius 3 is 2.27 bits per heavy atom. The third-order valence-corrected chi connectivity index (χ3v) is 1.90. The van der Waals surface area contributed by atoms with E-state index in [4.69, 9.17) is 4.55 Å². The first-order valence-corrected chi connectivity index (χ1v) is 4.47. The number of nitrogens with one attached hydrogen (secondary N) is 1.